The van der Waals surface area contributed by atoms with Gasteiger partial charge < -0.3 is 10.1 Å². The van der Waals surface area contributed by atoms with Crippen molar-refractivity contribution in [1.82, 2.24) is 5.32 Å². The topological polar surface area (TPSA) is 21.3 Å². The highest BCUT2D eigenvalue weighted by molar-refractivity contribution is 5.34. The van der Waals surface area contributed by atoms with E-state index in [1.165, 1.54) is 61.6 Å². The van der Waals surface area contributed by atoms with E-state index in [4.69, 9.17) is 4.74 Å². The monoisotopic (exact) mass is 287 g/mol. The summed E-state index contributed by atoms with van der Waals surface area (Å²) in [5, 5.41) is 3.72. The lowest BCUT2D eigenvalue weighted by Crippen LogP contribution is -2.23. The summed E-state index contributed by atoms with van der Waals surface area (Å²) >= 11 is 0. The fourth-order valence-electron chi connectivity index (χ4n) is 3.93. The van der Waals surface area contributed by atoms with Gasteiger partial charge in [-0.15, -0.1) is 0 Å². The Morgan fingerprint density at radius 3 is 2.62 bits per heavy atom. The number of benzene rings is 1. The van der Waals surface area contributed by atoms with Gasteiger partial charge in [-0.25, -0.2) is 0 Å². The Morgan fingerprint density at radius 2 is 1.86 bits per heavy atom. The van der Waals surface area contributed by atoms with Crippen molar-refractivity contribution in [1.29, 1.82) is 0 Å². The van der Waals surface area contributed by atoms with Crippen LogP contribution < -0.4 is 5.32 Å². The maximum absolute atomic E-state index is 5.56. The minimum Gasteiger partial charge on any atom is -0.372 e. The molecule has 1 fully saturated rings. The first-order valence-corrected chi connectivity index (χ1v) is 8.79. The van der Waals surface area contributed by atoms with Gasteiger partial charge in [-0.2, -0.15) is 0 Å². The van der Waals surface area contributed by atoms with Gasteiger partial charge in [0.2, 0.25) is 0 Å². The minimum absolute atomic E-state index is 0.518. The molecule has 3 rings (SSSR count). The lowest BCUT2D eigenvalue weighted by Gasteiger charge is -2.24. The van der Waals surface area contributed by atoms with Crippen molar-refractivity contribution in [3.8, 4) is 0 Å². The van der Waals surface area contributed by atoms with Crippen LogP contribution in [-0.2, 0) is 18.0 Å². The van der Waals surface area contributed by atoms with Gasteiger partial charge in [-0.3, -0.25) is 0 Å². The van der Waals surface area contributed by atoms with Crippen molar-refractivity contribution in [3.05, 3.63) is 34.9 Å². The third-order valence-electron chi connectivity index (χ3n) is 5.14. The average Bonchev–Trinajstić information content (AvgIpc) is 2.82. The fourth-order valence-corrected chi connectivity index (χ4v) is 3.93. The maximum atomic E-state index is 5.56. The van der Waals surface area contributed by atoms with Crippen LogP contribution in [0.25, 0.3) is 0 Å². The number of nitrogens with one attached hydrogen (secondary N) is 1. The van der Waals surface area contributed by atoms with Crippen LogP contribution in [-0.4, -0.2) is 6.54 Å². The van der Waals surface area contributed by atoms with Gasteiger partial charge in [0, 0.05) is 6.04 Å². The van der Waals surface area contributed by atoms with Gasteiger partial charge in [0.05, 0.1) is 13.2 Å². The first kappa shape index (κ1) is 15.1. The SMILES string of the molecule is CCNC(CC1CCCCCC1)c1ccc2c(c1)COC2. The van der Waals surface area contributed by atoms with Crippen molar-refractivity contribution < 1.29 is 4.74 Å². The highest BCUT2D eigenvalue weighted by Gasteiger charge is 2.20. The molecular formula is C19H29NO. The summed E-state index contributed by atoms with van der Waals surface area (Å²) in [6.07, 6.45) is 9.90. The van der Waals surface area contributed by atoms with E-state index >= 15 is 0 Å². The largest absolute Gasteiger partial charge is 0.372 e. The van der Waals surface area contributed by atoms with E-state index in [-0.39, 0.29) is 0 Å². The van der Waals surface area contributed by atoms with E-state index in [9.17, 15) is 0 Å². The van der Waals surface area contributed by atoms with E-state index in [0.29, 0.717) is 6.04 Å². The van der Waals surface area contributed by atoms with Crippen LogP contribution in [0.1, 0.15) is 74.6 Å². The molecule has 1 aliphatic carbocycles. The third-order valence-corrected chi connectivity index (χ3v) is 5.14. The van der Waals surface area contributed by atoms with Gasteiger partial charge in [-0.05, 0) is 35.6 Å². The van der Waals surface area contributed by atoms with Gasteiger partial charge in [0.25, 0.3) is 0 Å². The molecule has 0 spiro atoms. The molecule has 2 heteroatoms. The molecule has 2 nitrogen and oxygen atoms in total. The molecule has 1 aliphatic heterocycles. The molecule has 1 aromatic carbocycles. The van der Waals surface area contributed by atoms with Gasteiger partial charge in [-0.1, -0.05) is 63.6 Å². The number of rotatable bonds is 5. The van der Waals surface area contributed by atoms with E-state index in [1.54, 1.807) is 0 Å². The van der Waals surface area contributed by atoms with Crippen LogP contribution in [0.15, 0.2) is 18.2 Å². The molecule has 116 valence electrons. The first-order chi connectivity index (χ1) is 10.4. The lowest BCUT2D eigenvalue weighted by molar-refractivity contribution is 0.134. The second kappa shape index (κ2) is 7.42. The highest BCUT2D eigenvalue weighted by Crippen LogP contribution is 2.32. The number of hydrogen-bond acceptors (Lipinski definition) is 2. The van der Waals surface area contributed by atoms with Crippen LogP contribution in [0.3, 0.4) is 0 Å². The molecule has 2 aliphatic rings. The van der Waals surface area contributed by atoms with Crippen molar-refractivity contribution >= 4 is 0 Å². The Balaban J connectivity index is 1.71. The van der Waals surface area contributed by atoms with Gasteiger partial charge >= 0.3 is 0 Å². The molecule has 1 unspecified atom stereocenters. The number of ether oxygens (including phenoxy) is 1. The summed E-state index contributed by atoms with van der Waals surface area (Å²) < 4.78 is 5.56. The number of hydrogen-bond donors (Lipinski definition) is 1. The Morgan fingerprint density at radius 1 is 1.10 bits per heavy atom. The predicted octanol–water partition coefficient (Wildman–Crippen LogP) is 4.73. The third kappa shape index (κ3) is 3.87. The Hall–Kier alpha value is -0.860. The predicted molar refractivity (Wildman–Crippen MR) is 87.2 cm³/mol. The summed E-state index contributed by atoms with van der Waals surface area (Å²) in [5.74, 6) is 0.904. The molecule has 0 aromatic heterocycles. The molecule has 1 atom stereocenters. The summed E-state index contributed by atoms with van der Waals surface area (Å²) in [5.41, 5.74) is 4.24. The van der Waals surface area contributed by atoms with Crippen LogP contribution in [0.5, 0.6) is 0 Å². The lowest BCUT2D eigenvalue weighted by atomic mass is 9.88. The van der Waals surface area contributed by atoms with Crippen LogP contribution >= 0.6 is 0 Å². The van der Waals surface area contributed by atoms with Crippen LogP contribution in [0, 0.1) is 5.92 Å². The van der Waals surface area contributed by atoms with E-state index < -0.39 is 0 Å². The van der Waals surface area contributed by atoms with E-state index in [0.717, 1.165) is 25.7 Å². The highest BCUT2D eigenvalue weighted by atomic mass is 16.5. The van der Waals surface area contributed by atoms with Crippen LogP contribution in [0.2, 0.25) is 0 Å². The first-order valence-electron chi connectivity index (χ1n) is 8.79. The summed E-state index contributed by atoms with van der Waals surface area (Å²) in [6, 6.07) is 7.49. The van der Waals surface area contributed by atoms with Gasteiger partial charge in [0.1, 0.15) is 0 Å². The molecule has 1 saturated carbocycles. The average molecular weight is 287 g/mol. The molecule has 0 bridgehead atoms. The zero-order chi connectivity index (χ0) is 14.5. The second-order valence-electron chi connectivity index (χ2n) is 6.72. The molecule has 1 heterocycles. The molecule has 1 aromatic rings. The zero-order valence-electron chi connectivity index (χ0n) is 13.4. The molecule has 1 N–H and O–H groups in total. The Bertz CT molecular complexity index is 449. The minimum atomic E-state index is 0.518. The molecule has 0 saturated heterocycles. The zero-order valence-corrected chi connectivity index (χ0v) is 13.4. The van der Waals surface area contributed by atoms with Crippen molar-refractivity contribution in [2.45, 2.75) is 71.1 Å². The van der Waals surface area contributed by atoms with E-state index in [2.05, 4.69) is 30.4 Å². The standard InChI is InChI=1S/C19H29NO/c1-2-20-19(11-15-7-5-3-4-6-8-15)16-9-10-17-13-21-14-18(17)12-16/h9-10,12,15,19-20H,2-8,11,13-14H2,1H3. The number of fused-ring (bicyclic) bond motifs is 1. The van der Waals surface area contributed by atoms with E-state index in [1.807, 2.05) is 0 Å². The second-order valence-corrected chi connectivity index (χ2v) is 6.72. The Labute approximate surface area is 129 Å². The fraction of sp³-hybridized carbons (Fsp3) is 0.684. The summed E-state index contributed by atoms with van der Waals surface area (Å²) in [4.78, 5) is 0. The van der Waals surface area contributed by atoms with Crippen molar-refractivity contribution in [3.63, 3.8) is 0 Å². The molecule has 0 amide bonds. The molecule has 21 heavy (non-hydrogen) atoms. The molecule has 0 radical (unpaired) electrons. The quantitative estimate of drug-likeness (QED) is 0.791. The Kier molecular flexibility index (Phi) is 5.32. The van der Waals surface area contributed by atoms with Crippen LogP contribution in [0.4, 0.5) is 0 Å². The smallest absolute Gasteiger partial charge is 0.0725 e. The molecular weight excluding hydrogens is 258 g/mol. The maximum Gasteiger partial charge on any atom is 0.0725 e. The summed E-state index contributed by atoms with van der Waals surface area (Å²) in [6.45, 7) is 4.86. The van der Waals surface area contributed by atoms with Crippen molar-refractivity contribution in [2.75, 3.05) is 6.54 Å². The van der Waals surface area contributed by atoms with Gasteiger partial charge in [0.15, 0.2) is 0 Å². The van der Waals surface area contributed by atoms with Crippen molar-refractivity contribution in [2.24, 2.45) is 5.92 Å². The normalized spacial score (nSPS) is 21.0. The summed E-state index contributed by atoms with van der Waals surface area (Å²) in [7, 11) is 0.